The number of likely N-dealkylation sites (tertiary alicyclic amines) is 1. The summed E-state index contributed by atoms with van der Waals surface area (Å²) < 4.78 is 0. The summed E-state index contributed by atoms with van der Waals surface area (Å²) in [5, 5.41) is 6.42. The Hall–Kier alpha value is -0.690. The van der Waals surface area contributed by atoms with Gasteiger partial charge in [0.1, 0.15) is 0 Å². The van der Waals surface area contributed by atoms with Gasteiger partial charge in [0.15, 0.2) is 5.13 Å². The van der Waals surface area contributed by atoms with Crippen LogP contribution in [0.25, 0.3) is 0 Å². The summed E-state index contributed by atoms with van der Waals surface area (Å²) in [7, 11) is 0. The molecule has 0 aromatic carbocycles. The molecule has 0 radical (unpaired) electrons. The van der Waals surface area contributed by atoms with Crippen molar-refractivity contribution < 1.29 is 4.79 Å². The maximum Gasteiger partial charge on any atom is 0.225 e. The van der Waals surface area contributed by atoms with Gasteiger partial charge in [0.25, 0.3) is 0 Å². The quantitative estimate of drug-likeness (QED) is 0.909. The molecule has 0 aliphatic carbocycles. The summed E-state index contributed by atoms with van der Waals surface area (Å²) in [4.78, 5) is 20.5. The molecule has 1 amide bonds. The van der Waals surface area contributed by atoms with Crippen LogP contribution in [0.5, 0.6) is 0 Å². The lowest BCUT2D eigenvalue weighted by Gasteiger charge is -2.22. The molecule has 7 heteroatoms. The van der Waals surface area contributed by atoms with E-state index in [0.29, 0.717) is 12.0 Å². The van der Waals surface area contributed by atoms with Crippen LogP contribution in [-0.4, -0.2) is 48.5 Å². The topological polar surface area (TPSA) is 48.5 Å². The van der Waals surface area contributed by atoms with Gasteiger partial charge >= 0.3 is 0 Å². The zero-order valence-corrected chi connectivity index (χ0v) is 14.9. The normalized spacial score (nSPS) is 24.6. The maximum atomic E-state index is 11.6. The van der Waals surface area contributed by atoms with Gasteiger partial charge in [-0.15, -0.1) is 23.7 Å². The largest absolute Gasteiger partial charge is 0.316 e. The first-order chi connectivity index (χ1) is 10.1. The number of aromatic nitrogens is 1. The molecular formula is C15H25ClN4OS. The van der Waals surface area contributed by atoms with Crippen molar-refractivity contribution in [2.45, 2.75) is 33.2 Å². The Morgan fingerprint density at radius 1 is 1.55 bits per heavy atom. The second-order valence-corrected chi connectivity index (χ2v) is 7.11. The van der Waals surface area contributed by atoms with Gasteiger partial charge in [-0.1, -0.05) is 0 Å². The van der Waals surface area contributed by atoms with Crippen molar-refractivity contribution in [1.82, 2.24) is 15.2 Å². The molecule has 0 bridgehead atoms. The van der Waals surface area contributed by atoms with Crippen molar-refractivity contribution >= 4 is 34.8 Å². The predicted octanol–water partition coefficient (Wildman–Crippen LogP) is 2.12. The third kappa shape index (κ3) is 3.62. The van der Waals surface area contributed by atoms with Crippen molar-refractivity contribution in [2.24, 2.45) is 5.41 Å². The Morgan fingerprint density at radius 2 is 2.36 bits per heavy atom. The molecule has 1 spiro atoms. The van der Waals surface area contributed by atoms with Crippen molar-refractivity contribution in [3.05, 3.63) is 11.1 Å². The molecule has 1 aromatic heterocycles. The van der Waals surface area contributed by atoms with Gasteiger partial charge in [-0.3, -0.25) is 14.6 Å². The first-order valence-electron chi connectivity index (χ1n) is 7.77. The van der Waals surface area contributed by atoms with E-state index >= 15 is 0 Å². The smallest absolute Gasteiger partial charge is 0.225 e. The zero-order chi connectivity index (χ0) is 14.9. The van der Waals surface area contributed by atoms with Crippen LogP contribution in [0, 0.1) is 5.41 Å². The average Bonchev–Trinajstić information content (AvgIpc) is 3.15. The fourth-order valence-electron chi connectivity index (χ4n) is 3.52. The van der Waals surface area contributed by atoms with Gasteiger partial charge in [0, 0.05) is 38.5 Å². The summed E-state index contributed by atoms with van der Waals surface area (Å²) in [6.45, 7) is 9.85. The van der Waals surface area contributed by atoms with Gasteiger partial charge in [0.05, 0.1) is 5.69 Å². The third-order valence-corrected chi connectivity index (χ3v) is 5.61. The highest BCUT2D eigenvalue weighted by Gasteiger charge is 2.40. The number of nitrogens with one attached hydrogen (secondary N) is 1. The molecule has 124 valence electrons. The molecule has 5 nitrogen and oxygen atoms in total. The van der Waals surface area contributed by atoms with E-state index in [-0.39, 0.29) is 18.3 Å². The molecule has 3 rings (SSSR count). The van der Waals surface area contributed by atoms with Crippen molar-refractivity contribution in [2.75, 3.05) is 37.6 Å². The molecule has 0 saturated carbocycles. The number of hydrogen-bond acceptors (Lipinski definition) is 5. The van der Waals surface area contributed by atoms with Crippen molar-refractivity contribution in [3.63, 3.8) is 0 Å². The summed E-state index contributed by atoms with van der Waals surface area (Å²) >= 11 is 1.57. The number of thiazole rings is 1. The first kappa shape index (κ1) is 17.7. The van der Waals surface area contributed by atoms with E-state index in [1.807, 2.05) is 6.92 Å². The van der Waals surface area contributed by atoms with Gasteiger partial charge < -0.3 is 5.32 Å². The number of amides is 1. The maximum absolute atomic E-state index is 11.6. The minimum Gasteiger partial charge on any atom is -0.316 e. The molecule has 1 aromatic rings. The van der Waals surface area contributed by atoms with Gasteiger partial charge in [-0.05, 0) is 38.3 Å². The van der Waals surface area contributed by atoms with Gasteiger partial charge in [-0.2, -0.15) is 0 Å². The lowest BCUT2D eigenvalue weighted by Crippen LogP contribution is -2.29. The molecule has 1 N–H and O–H groups in total. The molecular weight excluding hydrogens is 320 g/mol. The van der Waals surface area contributed by atoms with Crippen LogP contribution in [0.1, 0.15) is 32.4 Å². The lowest BCUT2D eigenvalue weighted by atomic mass is 9.87. The molecule has 3 heterocycles. The average molecular weight is 345 g/mol. The van der Waals surface area contributed by atoms with Gasteiger partial charge in [-0.25, -0.2) is 4.98 Å². The summed E-state index contributed by atoms with van der Waals surface area (Å²) in [6, 6.07) is 0. The number of rotatable bonds is 4. The number of nitrogens with zero attached hydrogens (tertiary/aromatic N) is 3. The minimum absolute atomic E-state index is 0. The van der Waals surface area contributed by atoms with E-state index in [1.54, 1.807) is 23.2 Å². The highest BCUT2D eigenvalue weighted by atomic mass is 35.5. The lowest BCUT2D eigenvalue weighted by molar-refractivity contribution is -0.116. The number of halogens is 1. The second kappa shape index (κ2) is 7.25. The van der Waals surface area contributed by atoms with E-state index < -0.39 is 0 Å². The fourth-order valence-corrected chi connectivity index (χ4v) is 4.44. The van der Waals surface area contributed by atoms with E-state index in [2.05, 4.69) is 20.6 Å². The molecule has 22 heavy (non-hydrogen) atoms. The molecule has 2 fully saturated rings. The summed E-state index contributed by atoms with van der Waals surface area (Å²) in [5.41, 5.74) is 1.60. The number of carbonyl (C=O) groups is 1. The van der Waals surface area contributed by atoms with Crippen molar-refractivity contribution in [3.8, 4) is 0 Å². The Bertz CT molecular complexity index is 515. The van der Waals surface area contributed by atoms with E-state index in [1.165, 1.54) is 39.0 Å². The second-order valence-electron chi connectivity index (χ2n) is 6.27. The van der Waals surface area contributed by atoms with Gasteiger partial charge in [0.2, 0.25) is 5.91 Å². The van der Waals surface area contributed by atoms with Crippen molar-refractivity contribution in [1.29, 1.82) is 0 Å². The standard InChI is InChI=1S/C15H24N4OS.ClH/c1-3-19(12(2)20)14-17-13(9-21-14)8-18-7-5-15(11-18)4-6-16-10-15;/h9,16H,3-8,10-11H2,1-2H3;1H. The number of anilines is 1. The SMILES string of the molecule is CCN(C(C)=O)c1nc(CN2CCC3(CCNC3)C2)cs1.Cl. The summed E-state index contributed by atoms with van der Waals surface area (Å²) in [6.07, 6.45) is 2.60. The molecule has 2 aliphatic heterocycles. The Morgan fingerprint density at radius 3 is 3.00 bits per heavy atom. The molecule has 2 saturated heterocycles. The van der Waals surface area contributed by atoms with Crippen LogP contribution in [0.3, 0.4) is 0 Å². The predicted molar refractivity (Wildman–Crippen MR) is 92.9 cm³/mol. The molecule has 1 unspecified atom stereocenters. The Labute approximate surface area is 142 Å². The van der Waals surface area contributed by atoms with E-state index in [9.17, 15) is 4.79 Å². The first-order valence-corrected chi connectivity index (χ1v) is 8.65. The minimum atomic E-state index is 0. The highest BCUT2D eigenvalue weighted by molar-refractivity contribution is 7.14. The van der Waals surface area contributed by atoms with Crippen LogP contribution >= 0.6 is 23.7 Å². The Balaban J connectivity index is 0.00000176. The Kier molecular flexibility index (Phi) is 5.82. The van der Waals surface area contributed by atoms with Crippen LogP contribution in [0.2, 0.25) is 0 Å². The van der Waals surface area contributed by atoms with Crippen LogP contribution in [-0.2, 0) is 11.3 Å². The summed E-state index contributed by atoms with van der Waals surface area (Å²) in [5.74, 6) is 0.0653. The van der Waals surface area contributed by atoms with Crippen LogP contribution < -0.4 is 10.2 Å². The number of carbonyl (C=O) groups excluding carboxylic acids is 1. The number of hydrogen-bond donors (Lipinski definition) is 1. The van der Waals surface area contributed by atoms with E-state index in [4.69, 9.17) is 0 Å². The van der Waals surface area contributed by atoms with Crippen LogP contribution in [0.15, 0.2) is 5.38 Å². The third-order valence-electron chi connectivity index (χ3n) is 4.70. The monoisotopic (exact) mass is 344 g/mol. The molecule has 1 atom stereocenters. The highest BCUT2D eigenvalue weighted by Crippen LogP contribution is 2.36. The molecule has 2 aliphatic rings. The van der Waals surface area contributed by atoms with E-state index in [0.717, 1.165) is 17.4 Å². The fraction of sp³-hybridized carbons (Fsp3) is 0.733. The zero-order valence-electron chi connectivity index (χ0n) is 13.3. The van der Waals surface area contributed by atoms with Crippen LogP contribution in [0.4, 0.5) is 5.13 Å².